The van der Waals surface area contributed by atoms with Gasteiger partial charge < -0.3 is 9.67 Å². The van der Waals surface area contributed by atoms with Crippen LogP contribution in [0.2, 0.25) is 0 Å². The standard InChI is InChI=1S/C14H20N4O/c1-14(2,3)13(19)12(18-9-16-17-10-18)8-11-4-6-15-7-5-11/h4-7,9-10,12-13,19H,8H2,1-3H3. The molecule has 2 rings (SSSR count). The summed E-state index contributed by atoms with van der Waals surface area (Å²) >= 11 is 0. The molecule has 0 spiro atoms. The van der Waals surface area contributed by atoms with Gasteiger partial charge in [0.2, 0.25) is 0 Å². The first-order valence-corrected chi connectivity index (χ1v) is 6.39. The highest BCUT2D eigenvalue weighted by molar-refractivity contribution is 5.12. The minimum Gasteiger partial charge on any atom is -0.390 e. The lowest BCUT2D eigenvalue weighted by Gasteiger charge is -2.33. The summed E-state index contributed by atoms with van der Waals surface area (Å²) in [4.78, 5) is 4.02. The maximum Gasteiger partial charge on any atom is 0.119 e. The van der Waals surface area contributed by atoms with Crippen LogP contribution in [-0.4, -0.2) is 31.0 Å². The first-order chi connectivity index (χ1) is 8.98. The number of aliphatic hydroxyl groups excluding tert-OH is 1. The van der Waals surface area contributed by atoms with Gasteiger partial charge in [-0.25, -0.2) is 0 Å². The van der Waals surface area contributed by atoms with Gasteiger partial charge in [0.15, 0.2) is 0 Å². The Morgan fingerprint density at radius 1 is 1.16 bits per heavy atom. The van der Waals surface area contributed by atoms with E-state index in [0.717, 1.165) is 12.0 Å². The predicted octanol–water partition coefficient (Wildman–Crippen LogP) is 1.86. The second-order valence-electron chi connectivity index (χ2n) is 5.85. The maximum absolute atomic E-state index is 10.6. The average Bonchev–Trinajstić information content (AvgIpc) is 2.89. The number of hydrogen-bond acceptors (Lipinski definition) is 4. The summed E-state index contributed by atoms with van der Waals surface area (Å²) in [5, 5.41) is 18.3. The molecule has 0 fully saturated rings. The first-order valence-electron chi connectivity index (χ1n) is 6.39. The highest BCUT2D eigenvalue weighted by Gasteiger charge is 2.31. The van der Waals surface area contributed by atoms with Crippen LogP contribution in [-0.2, 0) is 6.42 Å². The van der Waals surface area contributed by atoms with Crippen LogP contribution in [0.15, 0.2) is 37.2 Å². The Kier molecular flexibility index (Phi) is 3.95. The van der Waals surface area contributed by atoms with Gasteiger partial charge >= 0.3 is 0 Å². The first kappa shape index (κ1) is 13.7. The summed E-state index contributed by atoms with van der Waals surface area (Å²) < 4.78 is 1.87. The van der Waals surface area contributed by atoms with Crippen LogP contribution in [0.4, 0.5) is 0 Å². The molecule has 0 aromatic carbocycles. The Bertz CT molecular complexity index is 490. The molecule has 0 aliphatic rings. The van der Waals surface area contributed by atoms with Crippen LogP contribution in [0, 0.1) is 5.41 Å². The summed E-state index contributed by atoms with van der Waals surface area (Å²) in [6.07, 6.45) is 7.07. The zero-order valence-corrected chi connectivity index (χ0v) is 11.6. The molecule has 5 nitrogen and oxygen atoms in total. The van der Waals surface area contributed by atoms with Gasteiger partial charge in [-0.3, -0.25) is 4.98 Å². The van der Waals surface area contributed by atoms with Crippen molar-refractivity contribution < 1.29 is 5.11 Å². The van der Waals surface area contributed by atoms with Gasteiger partial charge in [0.1, 0.15) is 12.7 Å². The summed E-state index contributed by atoms with van der Waals surface area (Å²) in [6.45, 7) is 6.09. The van der Waals surface area contributed by atoms with Gasteiger partial charge in [0, 0.05) is 12.4 Å². The van der Waals surface area contributed by atoms with Gasteiger partial charge in [-0.2, -0.15) is 0 Å². The highest BCUT2D eigenvalue weighted by atomic mass is 16.3. The highest BCUT2D eigenvalue weighted by Crippen LogP contribution is 2.30. The maximum atomic E-state index is 10.6. The van der Waals surface area contributed by atoms with E-state index in [0.29, 0.717) is 0 Å². The second kappa shape index (κ2) is 5.48. The largest absolute Gasteiger partial charge is 0.390 e. The number of hydrogen-bond donors (Lipinski definition) is 1. The van der Waals surface area contributed by atoms with Crippen LogP contribution in [0.3, 0.4) is 0 Å². The molecule has 1 N–H and O–H groups in total. The van der Waals surface area contributed by atoms with Crippen molar-refractivity contribution in [3.05, 3.63) is 42.7 Å². The molecule has 2 heterocycles. The summed E-state index contributed by atoms with van der Waals surface area (Å²) in [7, 11) is 0. The molecule has 0 aliphatic heterocycles. The zero-order valence-electron chi connectivity index (χ0n) is 11.6. The predicted molar refractivity (Wildman–Crippen MR) is 72.5 cm³/mol. The molecule has 0 bridgehead atoms. The molecule has 2 aromatic heterocycles. The van der Waals surface area contributed by atoms with Crippen molar-refractivity contribution in [1.82, 2.24) is 19.7 Å². The lowest BCUT2D eigenvalue weighted by atomic mass is 9.82. The van der Waals surface area contributed by atoms with Gasteiger partial charge in [-0.15, -0.1) is 10.2 Å². The minimum atomic E-state index is -0.489. The molecular formula is C14H20N4O. The van der Waals surface area contributed by atoms with Crippen LogP contribution >= 0.6 is 0 Å². The Morgan fingerprint density at radius 3 is 2.26 bits per heavy atom. The van der Waals surface area contributed by atoms with Crippen molar-refractivity contribution in [3.8, 4) is 0 Å². The van der Waals surface area contributed by atoms with Crippen molar-refractivity contribution in [2.75, 3.05) is 0 Å². The fourth-order valence-electron chi connectivity index (χ4n) is 2.10. The van der Waals surface area contributed by atoms with Crippen molar-refractivity contribution in [1.29, 1.82) is 0 Å². The molecule has 0 saturated carbocycles. The van der Waals surface area contributed by atoms with Gasteiger partial charge in [-0.05, 0) is 29.5 Å². The number of pyridine rings is 1. The van der Waals surface area contributed by atoms with E-state index in [4.69, 9.17) is 0 Å². The summed E-state index contributed by atoms with van der Waals surface area (Å²) in [6, 6.07) is 3.84. The lowest BCUT2D eigenvalue weighted by Crippen LogP contribution is -2.36. The number of aliphatic hydroxyl groups is 1. The van der Waals surface area contributed by atoms with E-state index in [2.05, 4.69) is 15.2 Å². The average molecular weight is 260 g/mol. The Morgan fingerprint density at radius 2 is 1.74 bits per heavy atom. The van der Waals surface area contributed by atoms with Crippen molar-refractivity contribution in [3.63, 3.8) is 0 Å². The minimum absolute atomic E-state index is 0.0857. The molecule has 102 valence electrons. The molecule has 0 amide bonds. The molecule has 0 aliphatic carbocycles. The fraction of sp³-hybridized carbons (Fsp3) is 0.500. The van der Waals surface area contributed by atoms with Crippen molar-refractivity contribution in [2.45, 2.75) is 39.3 Å². The van der Waals surface area contributed by atoms with E-state index in [-0.39, 0.29) is 11.5 Å². The fourth-order valence-corrected chi connectivity index (χ4v) is 2.10. The normalized spacial score (nSPS) is 15.2. The molecule has 5 heteroatoms. The van der Waals surface area contributed by atoms with Crippen LogP contribution in [0.25, 0.3) is 0 Å². The SMILES string of the molecule is CC(C)(C)C(O)C(Cc1ccncc1)n1cnnc1. The third kappa shape index (κ3) is 3.38. The van der Waals surface area contributed by atoms with E-state index in [9.17, 15) is 5.11 Å². The van der Waals surface area contributed by atoms with Gasteiger partial charge in [-0.1, -0.05) is 20.8 Å². The lowest BCUT2D eigenvalue weighted by molar-refractivity contribution is 0.0165. The summed E-state index contributed by atoms with van der Waals surface area (Å²) in [5.74, 6) is 0. The van der Waals surface area contributed by atoms with Gasteiger partial charge in [0.05, 0.1) is 12.1 Å². The van der Waals surface area contributed by atoms with Crippen LogP contribution < -0.4 is 0 Å². The van der Waals surface area contributed by atoms with Crippen molar-refractivity contribution >= 4 is 0 Å². The number of aromatic nitrogens is 4. The van der Waals surface area contributed by atoms with E-state index in [1.807, 2.05) is 37.5 Å². The Labute approximate surface area is 113 Å². The Hall–Kier alpha value is -1.75. The quantitative estimate of drug-likeness (QED) is 0.911. The second-order valence-corrected chi connectivity index (χ2v) is 5.85. The molecule has 0 radical (unpaired) electrons. The zero-order chi connectivity index (χ0) is 13.9. The molecule has 0 saturated heterocycles. The van der Waals surface area contributed by atoms with E-state index >= 15 is 0 Å². The number of nitrogens with zero attached hydrogens (tertiary/aromatic N) is 4. The van der Waals surface area contributed by atoms with E-state index in [1.54, 1.807) is 25.0 Å². The van der Waals surface area contributed by atoms with Crippen LogP contribution in [0.5, 0.6) is 0 Å². The molecule has 2 unspecified atom stereocenters. The monoisotopic (exact) mass is 260 g/mol. The van der Waals surface area contributed by atoms with Crippen LogP contribution in [0.1, 0.15) is 32.4 Å². The molecule has 19 heavy (non-hydrogen) atoms. The molecule has 2 atom stereocenters. The smallest absolute Gasteiger partial charge is 0.119 e. The summed E-state index contributed by atoms with van der Waals surface area (Å²) in [5.41, 5.74) is 0.930. The third-order valence-electron chi connectivity index (χ3n) is 3.27. The van der Waals surface area contributed by atoms with Crippen molar-refractivity contribution in [2.24, 2.45) is 5.41 Å². The number of rotatable bonds is 4. The van der Waals surface area contributed by atoms with E-state index in [1.165, 1.54) is 0 Å². The third-order valence-corrected chi connectivity index (χ3v) is 3.27. The topological polar surface area (TPSA) is 63.8 Å². The molecular weight excluding hydrogens is 240 g/mol. The van der Waals surface area contributed by atoms with Gasteiger partial charge in [0.25, 0.3) is 0 Å². The Balaban J connectivity index is 2.25. The molecule has 2 aromatic rings. The van der Waals surface area contributed by atoms with E-state index < -0.39 is 6.10 Å².